The number of carbonyl (C=O) groups is 1. The molecule has 0 saturated carbocycles. The van der Waals surface area contributed by atoms with Gasteiger partial charge in [-0.2, -0.15) is 0 Å². The summed E-state index contributed by atoms with van der Waals surface area (Å²) in [6.45, 7) is -1.07. The van der Waals surface area contributed by atoms with Crippen LogP contribution < -0.4 is 5.32 Å². The number of nitrogens with one attached hydrogen (secondary N) is 1. The van der Waals surface area contributed by atoms with E-state index in [-0.39, 0.29) is 5.69 Å². The first-order chi connectivity index (χ1) is 8.90. The van der Waals surface area contributed by atoms with Gasteiger partial charge in [-0.1, -0.05) is 0 Å². The summed E-state index contributed by atoms with van der Waals surface area (Å²) < 4.78 is 13.3. The van der Waals surface area contributed by atoms with Gasteiger partial charge in [-0.05, 0) is 6.07 Å². The van der Waals surface area contributed by atoms with Crippen molar-refractivity contribution in [1.82, 2.24) is 0 Å². The Morgan fingerprint density at radius 1 is 1.42 bits per heavy atom. The van der Waals surface area contributed by atoms with Crippen molar-refractivity contribution in [3.8, 4) is 0 Å². The Morgan fingerprint density at radius 2 is 2.00 bits per heavy atom. The maximum Gasteiger partial charge on any atom is 0.338 e. The molecule has 0 aliphatic carbocycles. The van der Waals surface area contributed by atoms with Gasteiger partial charge in [-0.25, -0.2) is 9.18 Å². The van der Waals surface area contributed by atoms with Gasteiger partial charge in [0.05, 0.1) is 35.8 Å². The van der Waals surface area contributed by atoms with Gasteiger partial charge in [0.25, 0.3) is 5.69 Å². The standard InChI is InChI=1S/C10H11FN2O6/c11-7-2-9(13(18)19)8(1-6(7)10(16)17)12-5(3-14)4-15/h1-2,5,12,14-15H,3-4H2,(H,16,17). The van der Waals surface area contributed by atoms with Crippen LogP contribution in [-0.4, -0.2) is 45.5 Å². The predicted molar refractivity (Wildman–Crippen MR) is 61.6 cm³/mol. The zero-order valence-corrected chi connectivity index (χ0v) is 9.54. The molecule has 104 valence electrons. The van der Waals surface area contributed by atoms with Crippen molar-refractivity contribution in [1.29, 1.82) is 0 Å². The highest BCUT2D eigenvalue weighted by atomic mass is 19.1. The lowest BCUT2D eigenvalue weighted by molar-refractivity contribution is -0.384. The van der Waals surface area contributed by atoms with Gasteiger partial charge in [0.1, 0.15) is 11.5 Å². The van der Waals surface area contributed by atoms with Crippen molar-refractivity contribution >= 4 is 17.3 Å². The number of rotatable bonds is 6. The molecule has 0 atom stereocenters. The summed E-state index contributed by atoms with van der Waals surface area (Å²) >= 11 is 0. The molecule has 4 N–H and O–H groups in total. The largest absolute Gasteiger partial charge is 0.478 e. The summed E-state index contributed by atoms with van der Waals surface area (Å²) in [5.74, 6) is -2.82. The normalized spacial score (nSPS) is 10.5. The minimum atomic E-state index is -1.58. The number of aromatic carboxylic acids is 1. The fourth-order valence-electron chi connectivity index (χ4n) is 1.36. The van der Waals surface area contributed by atoms with Gasteiger partial charge in [-0.3, -0.25) is 10.1 Å². The molecule has 0 fully saturated rings. The van der Waals surface area contributed by atoms with E-state index in [1.165, 1.54) is 0 Å². The fraction of sp³-hybridized carbons (Fsp3) is 0.300. The number of benzene rings is 1. The lowest BCUT2D eigenvalue weighted by atomic mass is 10.1. The van der Waals surface area contributed by atoms with Crippen molar-refractivity contribution in [2.45, 2.75) is 6.04 Å². The number of anilines is 1. The van der Waals surface area contributed by atoms with Crippen LogP contribution in [0.5, 0.6) is 0 Å². The highest BCUT2D eigenvalue weighted by Gasteiger charge is 2.23. The van der Waals surface area contributed by atoms with Crippen molar-refractivity contribution in [3.63, 3.8) is 0 Å². The summed E-state index contributed by atoms with van der Waals surface area (Å²) in [5, 5.41) is 39.6. The summed E-state index contributed by atoms with van der Waals surface area (Å²) in [6, 6.07) is 0.289. The number of carboxylic acids is 1. The lowest BCUT2D eigenvalue weighted by Gasteiger charge is -2.15. The minimum Gasteiger partial charge on any atom is -0.478 e. The van der Waals surface area contributed by atoms with E-state index in [9.17, 15) is 19.3 Å². The fourth-order valence-corrected chi connectivity index (χ4v) is 1.36. The SMILES string of the molecule is O=C(O)c1cc(NC(CO)CO)c([N+](=O)[O-])cc1F. The molecular formula is C10H11FN2O6. The Hall–Kier alpha value is -2.26. The Labute approximate surface area is 106 Å². The van der Waals surface area contributed by atoms with Crippen LogP contribution >= 0.6 is 0 Å². The third-order valence-electron chi connectivity index (χ3n) is 2.31. The first-order valence-electron chi connectivity index (χ1n) is 5.10. The Kier molecular flexibility index (Phi) is 4.73. The third kappa shape index (κ3) is 3.36. The molecule has 1 aromatic rings. The third-order valence-corrected chi connectivity index (χ3v) is 2.31. The number of aliphatic hydroxyl groups is 2. The zero-order valence-electron chi connectivity index (χ0n) is 9.54. The van der Waals surface area contributed by atoms with E-state index in [1.54, 1.807) is 0 Å². The molecule has 0 aliphatic rings. The number of nitro benzene ring substituents is 1. The van der Waals surface area contributed by atoms with Crippen LogP contribution in [0.4, 0.5) is 15.8 Å². The average molecular weight is 274 g/mol. The van der Waals surface area contributed by atoms with E-state index in [1.807, 2.05) is 0 Å². The second-order valence-corrected chi connectivity index (χ2v) is 3.62. The van der Waals surface area contributed by atoms with E-state index < -0.39 is 47.2 Å². The number of nitro groups is 1. The molecule has 0 radical (unpaired) electrons. The minimum absolute atomic E-state index is 0.295. The van der Waals surface area contributed by atoms with Gasteiger partial charge in [0.2, 0.25) is 0 Å². The Morgan fingerprint density at radius 3 is 2.42 bits per heavy atom. The molecular weight excluding hydrogens is 263 g/mol. The molecule has 0 aromatic heterocycles. The van der Waals surface area contributed by atoms with Crippen molar-refractivity contribution in [3.05, 3.63) is 33.6 Å². The molecule has 0 amide bonds. The summed E-state index contributed by atoms with van der Waals surface area (Å²) in [7, 11) is 0. The topological polar surface area (TPSA) is 133 Å². The molecule has 0 bridgehead atoms. The highest BCUT2D eigenvalue weighted by molar-refractivity contribution is 5.90. The van der Waals surface area contributed by atoms with Crippen LogP contribution in [0.25, 0.3) is 0 Å². The molecule has 19 heavy (non-hydrogen) atoms. The smallest absolute Gasteiger partial charge is 0.338 e. The van der Waals surface area contributed by atoms with Crippen molar-refractivity contribution < 1.29 is 29.4 Å². The predicted octanol–water partition coefficient (Wildman–Crippen LogP) is 0.197. The van der Waals surface area contributed by atoms with Crippen LogP contribution in [0, 0.1) is 15.9 Å². The van der Waals surface area contributed by atoms with Crippen molar-refractivity contribution in [2.75, 3.05) is 18.5 Å². The molecule has 1 aromatic carbocycles. The highest BCUT2D eigenvalue weighted by Crippen LogP contribution is 2.28. The molecule has 0 heterocycles. The quantitative estimate of drug-likeness (QED) is 0.430. The number of aliphatic hydroxyl groups excluding tert-OH is 2. The van der Waals surface area contributed by atoms with Crippen LogP contribution in [0.2, 0.25) is 0 Å². The molecule has 1 rings (SSSR count). The molecule has 0 aliphatic heterocycles. The maximum absolute atomic E-state index is 13.3. The lowest BCUT2D eigenvalue weighted by Crippen LogP contribution is -2.28. The first kappa shape index (κ1) is 14.8. The number of halogens is 1. The zero-order chi connectivity index (χ0) is 14.6. The van der Waals surface area contributed by atoms with E-state index in [0.717, 1.165) is 6.07 Å². The summed E-state index contributed by atoms with van der Waals surface area (Å²) in [6.07, 6.45) is 0. The second kappa shape index (κ2) is 6.07. The first-order valence-corrected chi connectivity index (χ1v) is 5.10. The Balaban J connectivity index is 3.29. The molecule has 0 unspecified atom stereocenters. The molecule has 9 heteroatoms. The summed E-state index contributed by atoms with van der Waals surface area (Å²) in [4.78, 5) is 20.6. The monoisotopic (exact) mass is 274 g/mol. The van der Waals surface area contributed by atoms with E-state index >= 15 is 0 Å². The van der Waals surface area contributed by atoms with E-state index in [0.29, 0.717) is 6.07 Å². The van der Waals surface area contributed by atoms with Crippen LogP contribution in [0.3, 0.4) is 0 Å². The number of hydrogen-bond donors (Lipinski definition) is 4. The van der Waals surface area contributed by atoms with E-state index in [2.05, 4.69) is 5.32 Å². The number of carboxylic acid groups (broad SMARTS) is 1. The number of hydrogen-bond acceptors (Lipinski definition) is 6. The number of nitrogens with zero attached hydrogens (tertiary/aromatic N) is 1. The van der Waals surface area contributed by atoms with Crippen LogP contribution in [0.1, 0.15) is 10.4 Å². The molecule has 8 nitrogen and oxygen atoms in total. The van der Waals surface area contributed by atoms with Crippen LogP contribution in [0.15, 0.2) is 12.1 Å². The van der Waals surface area contributed by atoms with Gasteiger partial charge in [-0.15, -0.1) is 0 Å². The van der Waals surface area contributed by atoms with Gasteiger partial charge < -0.3 is 20.6 Å². The van der Waals surface area contributed by atoms with Gasteiger partial charge >= 0.3 is 5.97 Å². The van der Waals surface area contributed by atoms with Crippen LogP contribution in [-0.2, 0) is 0 Å². The Bertz CT molecular complexity index is 503. The van der Waals surface area contributed by atoms with Crippen molar-refractivity contribution in [2.24, 2.45) is 0 Å². The molecule has 0 saturated heterocycles. The summed E-state index contributed by atoms with van der Waals surface area (Å²) in [5.41, 5.74) is -1.73. The van der Waals surface area contributed by atoms with Gasteiger partial charge in [0.15, 0.2) is 0 Å². The molecule has 0 spiro atoms. The second-order valence-electron chi connectivity index (χ2n) is 3.62. The maximum atomic E-state index is 13.3. The average Bonchev–Trinajstić information content (AvgIpc) is 2.36. The van der Waals surface area contributed by atoms with Gasteiger partial charge in [0, 0.05) is 0 Å². The van der Waals surface area contributed by atoms with E-state index in [4.69, 9.17) is 15.3 Å².